The number of fused-ring (bicyclic) bond motifs is 1. The second-order valence-electron chi connectivity index (χ2n) is 6.27. The third kappa shape index (κ3) is 3.86. The van der Waals surface area contributed by atoms with Gasteiger partial charge in [-0.2, -0.15) is 0 Å². The second kappa shape index (κ2) is 7.45. The maximum absolute atomic E-state index is 12.8. The van der Waals surface area contributed by atoms with Crippen LogP contribution in [0.1, 0.15) is 22.8 Å². The topological polar surface area (TPSA) is 51.2 Å². The minimum atomic E-state index is -0.111. The van der Waals surface area contributed by atoms with E-state index >= 15 is 0 Å². The SMILES string of the molecule is COCC(C)NC(=O)c1cc(-c2ccccc2)nc2ccc(C)cc12. The smallest absolute Gasteiger partial charge is 0.252 e. The molecule has 4 heteroatoms. The Labute approximate surface area is 147 Å². The summed E-state index contributed by atoms with van der Waals surface area (Å²) in [7, 11) is 1.63. The van der Waals surface area contributed by atoms with Crippen molar-refractivity contribution in [3.05, 3.63) is 65.7 Å². The fourth-order valence-corrected chi connectivity index (χ4v) is 2.88. The molecule has 3 rings (SSSR count). The summed E-state index contributed by atoms with van der Waals surface area (Å²) in [6, 6.07) is 17.7. The molecule has 0 fully saturated rings. The van der Waals surface area contributed by atoms with Crippen molar-refractivity contribution in [2.24, 2.45) is 0 Å². The zero-order valence-corrected chi connectivity index (χ0v) is 14.7. The number of carbonyl (C=O) groups excluding carboxylic acids is 1. The molecule has 0 radical (unpaired) electrons. The Morgan fingerprint density at radius 2 is 1.92 bits per heavy atom. The number of hydrogen-bond acceptors (Lipinski definition) is 3. The van der Waals surface area contributed by atoms with Crippen LogP contribution in [0.25, 0.3) is 22.2 Å². The van der Waals surface area contributed by atoms with Gasteiger partial charge in [-0.15, -0.1) is 0 Å². The van der Waals surface area contributed by atoms with Crippen molar-refractivity contribution in [3.63, 3.8) is 0 Å². The fraction of sp³-hybridized carbons (Fsp3) is 0.238. The van der Waals surface area contributed by atoms with Crippen LogP contribution in [0.2, 0.25) is 0 Å². The molecule has 1 amide bonds. The number of ether oxygens (including phenoxy) is 1. The molecule has 1 aromatic heterocycles. The van der Waals surface area contributed by atoms with E-state index in [-0.39, 0.29) is 11.9 Å². The number of aryl methyl sites for hydroxylation is 1. The Balaban J connectivity index is 2.10. The summed E-state index contributed by atoms with van der Waals surface area (Å²) in [5.74, 6) is -0.111. The predicted molar refractivity (Wildman–Crippen MR) is 101 cm³/mol. The van der Waals surface area contributed by atoms with Crippen molar-refractivity contribution in [2.75, 3.05) is 13.7 Å². The third-order valence-corrected chi connectivity index (χ3v) is 4.07. The van der Waals surface area contributed by atoms with Gasteiger partial charge >= 0.3 is 0 Å². The lowest BCUT2D eigenvalue weighted by molar-refractivity contribution is 0.0907. The average Bonchev–Trinajstić information content (AvgIpc) is 2.61. The monoisotopic (exact) mass is 334 g/mol. The Hall–Kier alpha value is -2.72. The van der Waals surface area contributed by atoms with Crippen LogP contribution in [-0.2, 0) is 4.74 Å². The molecule has 0 aliphatic rings. The molecule has 0 bridgehead atoms. The highest BCUT2D eigenvalue weighted by molar-refractivity contribution is 6.07. The van der Waals surface area contributed by atoms with E-state index in [4.69, 9.17) is 9.72 Å². The normalized spacial score (nSPS) is 12.1. The van der Waals surface area contributed by atoms with Gasteiger partial charge < -0.3 is 10.1 Å². The van der Waals surface area contributed by atoms with Crippen molar-refractivity contribution in [3.8, 4) is 11.3 Å². The highest BCUT2D eigenvalue weighted by Crippen LogP contribution is 2.25. The van der Waals surface area contributed by atoms with Crippen molar-refractivity contribution in [1.82, 2.24) is 10.3 Å². The molecular weight excluding hydrogens is 312 g/mol. The number of benzene rings is 2. The number of rotatable bonds is 5. The van der Waals surface area contributed by atoms with Crippen LogP contribution in [0, 0.1) is 6.92 Å². The van der Waals surface area contributed by atoms with Gasteiger partial charge in [-0.1, -0.05) is 42.0 Å². The van der Waals surface area contributed by atoms with E-state index in [1.807, 2.05) is 68.4 Å². The average molecular weight is 334 g/mol. The molecule has 25 heavy (non-hydrogen) atoms. The highest BCUT2D eigenvalue weighted by Gasteiger charge is 2.16. The molecule has 2 aromatic carbocycles. The minimum absolute atomic E-state index is 0.0642. The predicted octanol–water partition coefficient (Wildman–Crippen LogP) is 3.97. The van der Waals surface area contributed by atoms with Crippen molar-refractivity contribution in [1.29, 1.82) is 0 Å². The van der Waals surface area contributed by atoms with Crippen LogP contribution in [-0.4, -0.2) is 30.6 Å². The summed E-state index contributed by atoms with van der Waals surface area (Å²) in [5, 5.41) is 3.86. The second-order valence-corrected chi connectivity index (χ2v) is 6.27. The number of nitrogens with one attached hydrogen (secondary N) is 1. The summed E-state index contributed by atoms with van der Waals surface area (Å²) in [5.41, 5.74) is 4.33. The molecule has 1 N–H and O–H groups in total. The van der Waals surface area contributed by atoms with Crippen molar-refractivity contribution >= 4 is 16.8 Å². The molecule has 0 spiro atoms. The van der Waals surface area contributed by atoms with Crippen LogP contribution < -0.4 is 5.32 Å². The Morgan fingerprint density at radius 3 is 2.64 bits per heavy atom. The minimum Gasteiger partial charge on any atom is -0.383 e. The van der Waals surface area contributed by atoms with E-state index in [1.165, 1.54) is 0 Å². The molecule has 4 nitrogen and oxygen atoms in total. The number of aromatic nitrogens is 1. The summed E-state index contributed by atoms with van der Waals surface area (Å²) in [6.07, 6.45) is 0. The molecule has 1 unspecified atom stereocenters. The first kappa shape index (κ1) is 17.1. The molecule has 1 atom stereocenters. The fourth-order valence-electron chi connectivity index (χ4n) is 2.88. The molecule has 0 saturated carbocycles. The van der Waals surface area contributed by atoms with Crippen molar-refractivity contribution in [2.45, 2.75) is 19.9 Å². The van der Waals surface area contributed by atoms with Gasteiger partial charge in [-0.25, -0.2) is 4.98 Å². The van der Waals surface area contributed by atoms with Gasteiger partial charge in [-0.3, -0.25) is 4.79 Å². The number of nitrogens with zero attached hydrogens (tertiary/aromatic N) is 1. The molecule has 128 valence electrons. The lowest BCUT2D eigenvalue weighted by Crippen LogP contribution is -2.35. The van der Waals surface area contributed by atoms with Gasteiger partial charge in [-0.05, 0) is 32.0 Å². The lowest BCUT2D eigenvalue weighted by Gasteiger charge is -2.15. The van der Waals surface area contributed by atoms with E-state index in [2.05, 4.69) is 5.32 Å². The van der Waals surface area contributed by atoms with Crippen LogP contribution in [0.15, 0.2) is 54.6 Å². The first-order chi connectivity index (χ1) is 12.1. The number of pyridine rings is 1. The lowest BCUT2D eigenvalue weighted by atomic mass is 10.0. The Morgan fingerprint density at radius 1 is 1.16 bits per heavy atom. The zero-order chi connectivity index (χ0) is 17.8. The third-order valence-electron chi connectivity index (χ3n) is 4.07. The number of carbonyl (C=O) groups is 1. The largest absolute Gasteiger partial charge is 0.383 e. The molecule has 0 saturated heterocycles. The zero-order valence-electron chi connectivity index (χ0n) is 14.7. The molecule has 0 aliphatic heterocycles. The van der Waals surface area contributed by atoms with Crippen LogP contribution in [0.4, 0.5) is 0 Å². The quantitative estimate of drug-likeness (QED) is 0.768. The molecule has 3 aromatic rings. The first-order valence-electron chi connectivity index (χ1n) is 8.35. The maximum Gasteiger partial charge on any atom is 0.252 e. The Bertz CT molecular complexity index is 891. The van der Waals surface area contributed by atoms with Crippen LogP contribution >= 0.6 is 0 Å². The van der Waals surface area contributed by atoms with E-state index in [9.17, 15) is 4.79 Å². The number of methoxy groups -OCH3 is 1. The van der Waals surface area contributed by atoms with Crippen molar-refractivity contribution < 1.29 is 9.53 Å². The maximum atomic E-state index is 12.8. The van der Waals surface area contributed by atoms with Gasteiger partial charge in [0.2, 0.25) is 0 Å². The van der Waals surface area contributed by atoms with Gasteiger partial charge in [0.15, 0.2) is 0 Å². The molecule has 1 heterocycles. The summed E-state index contributed by atoms with van der Waals surface area (Å²) in [6.45, 7) is 4.41. The van der Waals surface area contributed by atoms with E-state index in [0.29, 0.717) is 12.2 Å². The van der Waals surface area contributed by atoms with Gasteiger partial charge in [0, 0.05) is 24.1 Å². The van der Waals surface area contributed by atoms with Crippen LogP contribution in [0.3, 0.4) is 0 Å². The van der Waals surface area contributed by atoms with Gasteiger partial charge in [0.1, 0.15) is 0 Å². The Kier molecular flexibility index (Phi) is 5.10. The van der Waals surface area contributed by atoms with E-state index in [1.54, 1.807) is 7.11 Å². The number of hydrogen-bond donors (Lipinski definition) is 1. The summed E-state index contributed by atoms with van der Waals surface area (Å²) >= 11 is 0. The number of amides is 1. The molecular formula is C21H22N2O2. The van der Waals surface area contributed by atoms with Crippen LogP contribution in [0.5, 0.6) is 0 Å². The first-order valence-corrected chi connectivity index (χ1v) is 8.35. The van der Waals surface area contributed by atoms with E-state index < -0.39 is 0 Å². The van der Waals surface area contributed by atoms with Gasteiger partial charge in [0.05, 0.1) is 23.4 Å². The standard InChI is InChI=1S/C21H22N2O2/c1-14-9-10-19-17(11-14)18(21(24)22-15(2)13-25-3)12-20(23-19)16-7-5-4-6-8-16/h4-12,15H,13H2,1-3H3,(H,22,24). The van der Waals surface area contributed by atoms with E-state index in [0.717, 1.165) is 27.7 Å². The summed E-state index contributed by atoms with van der Waals surface area (Å²) in [4.78, 5) is 17.6. The highest BCUT2D eigenvalue weighted by atomic mass is 16.5. The van der Waals surface area contributed by atoms with Gasteiger partial charge in [0.25, 0.3) is 5.91 Å². The summed E-state index contributed by atoms with van der Waals surface area (Å²) < 4.78 is 5.11. The molecule has 0 aliphatic carbocycles.